The molecule has 0 aliphatic heterocycles. The van der Waals surface area contributed by atoms with E-state index in [1.165, 1.54) is 6.33 Å². The fraction of sp³-hybridized carbons (Fsp3) is 0.600. The summed E-state index contributed by atoms with van der Waals surface area (Å²) in [7, 11) is 0. The molecule has 2 N–H and O–H groups in total. The maximum atomic E-state index is 9.14. The number of hydrogen-bond acceptors (Lipinski definition) is 5. The zero-order valence-electron chi connectivity index (χ0n) is 9.05. The summed E-state index contributed by atoms with van der Waals surface area (Å²) in [5, 5.41) is 13.4. The van der Waals surface area contributed by atoms with Gasteiger partial charge in [0.05, 0.1) is 11.6 Å². The average Bonchev–Trinajstić information content (AvgIpc) is 2.25. The number of nitrogens with zero attached hydrogens (tertiary/aromatic N) is 2. The van der Waals surface area contributed by atoms with Crippen molar-refractivity contribution in [2.24, 2.45) is 0 Å². The minimum atomic E-state index is 0.116. The zero-order chi connectivity index (χ0) is 11.1. The molecule has 1 aromatic heterocycles. The van der Waals surface area contributed by atoms with Crippen LogP contribution in [0, 0.1) is 0 Å². The van der Waals surface area contributed by atoms with Gasteiger partial charge in [-0.2, -0.15) is 0 Å². The molecule has 1 rings (SSSR count). The van der Waals surface area contributed by atoms with Crippen molar-refractivity contribution in [3.8, 4) is 0 Å². The first-order valence-corrected chi connectivity index (χ1v) is 5.96. The Morgan fingerprint density at radius 2 is 2.33 bits per heavy atom. The van der Waals surface area contributed by atoms with E-state index in [4.69, 9.17) is 5.11 Å². The lowest BCUT2D eigenvalue weighted by atomic mass is 10.3. The van der Waals surface area contributed by atoms with Crippen molar-refractivity contribution in [1.29, 1.82) is 0 Å². The Bertz CT molecular complexity index is 269. The summed E-state index contributed by atoms with van der Waals surface area (Å²) >= 11 is 1.62. The Balaban J connectivity index is 2.34. The smallest absolute Gasteiger partial charge is 0.116 e. The molecule has 1 aromatic rings. The van der Waals surface area contributed by atoms with E-state index in [9.17, 15) is 0 Å². The second-order valence-electron chi connectivity index (χ2n) is 3.56. The topological polar surface area (TPSA) is 58.0 Å². The molecule has 0 bridgehead atoms. The van der Waals surface area contributed by atoms with E-state index < -0.39 is 0 Å². The average molecular weight is 227 g/mol. The van der Waals surface area contributed by atoms with Gasteiger partial charge in [-0.1, -0.05) is 13.8 Å². The molecule has 0 saturated heterocycles. The van der Waals surface area contributed by atoms with Crippen molar-refractivity contribution < 1.29 is 5.11 Å². The SMILES string of the molecule is CC(C)NC(CO)CSc1ccncn1. The van der Waals surface area contributed by atoms with Crippen molar-refractivity contribution in [2.45, 2.75) is 31.0 Å². The monoisotopic (exact) mass is 227 g/mol. The molecule has 0 fully saturated rings. The van der Waals surface area contributed by atoms with Crippen LogP contribution in [0.25, 0.3) is 0 Å². The highest BCUT2D eigenvalue weighted by Crippen LogP contribution is 2.14. The Morgan fingerprint density at radius 1 is 1.53 bits per heavy atom. The van der Waals surface area contributed by atoms with E-state index in [0.29, 0.717) is 6.04 Å². The maximum Gasteiger partial charge on any atom is 0.116 e. The Kier molecular flexibility index (Phi) is 5.60. The maximum absolute atomic E-state index is 9.14. The Hall–Kier alpha value is -0.650. The first kappa shape index (κ1) is 12.4. The van der Waals surface area contributed by atoms with Gasteiger partial charge in [0, 0.05) is 24.0 Å². The highest BCUT2D eigenvalue weighted by Gasteiger charge is 2.09. The van der Waals surface area contributed by atoms with Crippen molar-refractivity contribution in [3.05, 3.63) is 18.6 Å². The summed E-state index contributed by atoms with van der Waals surface area (Å²) in [4.78, 5) is 7.96. The molecule has 0 saturated carbocycles. The number of thioether (sulfide) groups is 1. The summed E-state index contributed by atoms with van der Waals surface area (Å²) in [5.41, 5.74) is 0. The molecule has 0 radical (unpaired) electrons. The Labute approximate surface area is 94.5 Å². The molecular formula is C10H17N3OS. The molecule has 0 aromatic carbocycles. The van der Waals surface area contributed by atoms with Crippen molar-refractivity contribution in [3.63, 3.8) is 0 Å². The van der Waals surface area contributed by atoms with Gasteiger partial charge in [-0.15, -0.1) is 11.8 Å². The third-order valence-corrected chi connectivity index (χ3v) is 2.88. The minimum Gasteiger partial charge on any atom is -0.395 e. The van der Waals surface area contributed by atoms with Crippen LogP contribution in [0.15, 0.2) is 23.6 Å². The number of aliphatic hydroxyl groups excluding tert-OH is 1. The molecule has 0 aliphatic rings. The van der Waals surface area contributed by atoms with E-state index in [2.05, 4.69) is 29.1 Å². The lowest BCUT2D eigenvalue weighted by molar-refractivity contribution is 0.247. The van der Waals surface area contributed by atoms with E-state index in [1.54, 1.807) is 18.0 Å². The molecule has 5 heteroatoms. The first-order chi connectivity index (χ1) is 7.22. The van der Waals surface area contributed by atoms with E-state index in [1.807, 2.05) is 6.07 Å². The van der Waals surface area contributed by atoms with Crippen LogP contribution in [0.2, 0.25) is 0 Å². The summed E-state index contributed by atoms with van der Waals surface area (Å²) < 4.78 is 0. The predicted octanol–water partition coefficient (Wildman–Crippen LogP) is 0.928. The first-order valence-electron chi connectivity index (χ1n) is 4.98. The number of rotatable bonds is 6. The molecule has 84 valence electrons. The molecule has 1 atom stereocenters. The van der Waals surface area contributed by atoms with Crippen LogP contribution in [-0.2, 0) is 0 Å². The van der Waals surface area contributed by atoms with Gasteiger partial charge in [0.25, 0.3) is 0 Å². The minimum absolute atomic E-state index is 0.116. The quantitative estimate of drug-likeness (QED) is 0.559. The third kappa shape index (κ3) is 5.11. The Morgan fingerprint density at radius 3 is 2.87 bits per heavy atom. The van der Waals surface area contributed by atoms with Crippen molar-refractivity contribution in [1.82, 2.24) is 15.3 Å². The number of hydrogen-bond donors (Lipinski definition) is 2. The van der Waals surface area contributed by atoms with Gasteiger partial charge in [-0.25, -0.2) is 9.97 Å². The summed E-state index contributed by atoms with van der Waals surface area (Å²) in [6.07, 6.45) is 3.26. The zero-order valence-corrected chi connectivity index (χ0v) is 9.87. The van der Waals surface area contributed by atoms with Crippen LogP contribution in [0.1, 0.15) is 13.8 Å². The van der Waals surface area contributed by atoms with Gasteiger partial charge in [0.1, 0.15) is 6.33 Å². The highest BCUT2D eigenvalue weighted by molar-refractivity contribution is 7.99. The van der Waals surface area contributed by atoms with Crippen LogP contribution in [0.4, 0.5) is 0 Å². The molecule has 4 nitrogen and oxygen atoms in total. The summed E-state index contributed by atoms with van der Waals surface area (Å²) in [6, 6.07) is 2.37. The molecule has 15 heavy (non-hydrogen) atoms. The highest BCUT2D eigenvalue weighted by atomic mass is 32.2. The third-order valence-electron chi connectivity index (χ3n) is 1.78. The van der Waals surface area contributed by atoms with Gasteiger partial charge in [0.2, 0.25) is 0 Å². The summed E-state index contributed by atoms with van der Waals surface area (Å²) in [5.74, 6) is 0.811. The predicted molar refractivity (Wildman–Crippen MR) is 61.9 cm³/mol. The molecular weight excluding hydrogens is 210 g/mol. The van der Waals surface area contributed by atoms with Crippen molar-refractivity contribution in [2.75, 3.05) is 12.4 Å². The second-order valence-corrected chi connectivity index (χ2v) is 4.60. The van der Waals surface area contributed by atoms with Crippen LogP contribution in [0.5, 0.6) is 0 Å². The van der Waals surface area contributed by atoms with Crippen LogP contribution in [0.3, 0.4) is 0 Å². The molecule has 0 spiro atoms. The normalized spacial score (nSPS) is 13.1. The van der Waals surface area contributed by atoms with Gasteiger partial charge < -0.3 is 10.4 Å². The van der Waals surface area contributed by atoms with Gasteiger partial charge in [0.15, 0.2) is 0 Å². The molecule has 0 aliphatic carbocycles. The van der Waals surface area contributed by atoms with Crippen LogP contribution < -0.4 is 5.32 Å². The van der Waals surface area contributed by atoms with Crippen LogP contribution in [-0.4, -0.2) is 39.5 Å². The van der Waals surface area contributed by atoms with Crippen LogP contribution >= 0.6 is 11.8 Å². The van der Waals surface area contributed by atoms with Crippen molar-refractivity contribution >= 4 is 11.8 Å². The lowest BCUT2D eigenvalue weighted by Crippen LogP contribution is -2.39. The van der Waals surface area contributed by atoms with Gasteiger partial charge in [-0.3, -0.25) is 0 Å². The second kappa shape index (κ2) is 6.76. The molecule has 0 amide bonds. The molecule has 1 heterocycles. The van der Waals surface area contributed by atoms with Gasteiger partial charge >= 0.3 is 0 Å². The fourth-order valence-electron chi connectivity index (χ4n) is 1.17. The number of aromatic nitrogens is 2. The van der Waals surface area contributed by atoms with E-state index in [0.717, 1.165) is 10.8 Å². The lowest BCUT2D eigenvalue weighted by Gasteiger charge is -2.18. The standard InChI is InChI=1S/C10H17N3OS/c1-8(2)13-9(5-14)6-15-10-3-4-11-7-12-10/h3-4,7-9,13-14H,5-6H2,1-2H3. The fourth-order valence-corrected chi connectivity index (χ4v) is 2.03. The van der Waals surface area contributed by atoms with Gasteiger partial charge in [-0.05, 0) is 6.07 Å². The van der Waals surface area contributed by atoms with E-state index >= 15 is 0 Å². The molecule has 1 unspecified atom stereocenters. The van der Waals surface area contributed by atoms with E-state index in [-0.39, 0.29) is 12.6 Å². The largest absolute Gasteiger partial charge is 0.395 e. The summed E-state index contributed by atoms with van der Waals surface area (Å²) in [6.45, 7) is 4.28. The number of nitrogens with one attached hydrogen (secondary N) is 1. The number of aliphatic hydroxyl groups is 1.